The number of carbonyl (C=O) groups is 1. The van der Waals surface area contributed by atoms with Crippen LogP contribution in [0.1, 0.15) is 42.4 Å². The molecule has 0 aromatic carbocycles. The minimum absolute atomic E-state index is 0.0289. The summed E-state index contributed by atoms with van der Waals surface area (Å²) in [4.78, 5) is 14.0. The van der Waals surface area contributed by atoms with E-state index in [2.05, 4.69) is 17.1 Å². The van der Waals surface area contributed by atoms with Crippen molar-refractivity contribution < 1.29 is 4.79 Å². The van der Waals surface area contributed by atoms with Crippen molar-refractivity contribution in [3.05, 3.63) is 9.47 Å². The van der Waals surface area contributed by atoms with Crippen LogP contribution in [0.15, 0.2) is 0 Å². The molecule has 1 fully saturated rings. The molecule has 0 aliphatic carbocycles. The number of hydrogen-bond donors (Lipinski definition) is 0. The van der Waals surface area contributed by atoms with Gasteiger partial charge in [-0.3, -0.25) is 4.79 Å². The highest BCUT2D eigenvalue weighted by Crippen LogP contribution is 2.21. The molecule has 1 aliphatic rings. The number of amides is 1. The highest BCUT2D eigenvalue weighted by atomic mass is 35.5. The van der Waals surface area contributed by atoms with Crippen LogP contribution < -0.4 is 0 Å². The van der Waals surface area contributed by atoms with Gasteiger partial charge in [-0.25, -0.2) is 0 Å². The molecule has 1 saturated heterocycles. The smallest absolute Gasteiger partial charge is 0.285 e. The van der Waals surface area contributed by atoms with Crippen LogP contribution in [0.25, 0.3) is 0 Å². The second-order valence-electron chi connectivity index (χ2n) is 4.06. The van der Waals surface area contributed by atoms with Gasteiger partial charge in [0.05, 0.1) is 0 Å². The summed E-state index contributed by atoms with van der Waals surface area (Å²) in [6.07, 6.45) is 4.54. The Labute approximate surface area is 104 Å². The average molecular weight is 260 g/mol. The van der Waals surface area contributed by atoms with Crippen LogP contribution in [0, 0.1) is 0 Å². The van der Waals surface area contributed by atoms with Gasteiger partial charge in [-0.05, 0) is 31.4 Å². The molecule has 1 aromatic rings. The fourth-order valence-electron chi connectivity index (χ4n) is 1.99. The first-order valence-corrected chi connectivity index (χ1v) is 6.68. The van der Waals surface area contributed by atoms with Gasteiger partial charge < -0.3 is 4.90 Å². The van der Waals surface area contributed by atoms with Crippen molar-refractivity contribution in [2.24, 2.45) is 0 Å². The highest BCUT2D eigenvalue weighted by Gasteiger charge is 2.25. The van der Waals surface area contributed by atoms with Gasteiger partial charge in [0.1, 0.15) is 0 Å². The van der Waals surface area contributed by atoms with E-state index in [1.54, 1.807) is 0 Å². The molecule has 1 aromatic heterocycles. The molecule has 1 atom stereocenters. The lowest BCUT2D eigenvalue weighted by atomic mass is 10.1. The minimum Gasteiger partial charge on any atom is -0.334 e. The lowest BCUT2D eigenvalue weighted by Crippen LogP contribution is -2.38. The molecule has 1 aliphatic heterocycles. The molecule has 0 saturated carbocycles. The first-order valence-electron chi connectivity index (χ1n) is 5.48. The standard InChI is InChI=1S/C10H14ClN3OS/c1-7-5-3-2-4-6-14(7)9(15)8-12-13-10(11)16-8/h7H,2-6H2,1H3. The SMILES string of the molecule is CC1CCCCCN1C(=O)c1nnc(Cl)s1. The van der Waals surface area contributed by atoms with Gasteiger partial charge in [0, 0.05) is 12.6 Å². The first-order chi connectivity index (χ1) is 7.68. The number of halogens is 1. The van der Waals surface area contributed by atoms with Crippen LogP contribution in [0.2, 0.25) is 4.47 Å². The Bertz CT molecular complexity index is 382. The molecule has 0 spiro atoms. The summed E-state index contributed by atoms with van der Waals surface area (Å²) in [6.45, 7) is 2.91. The summed E-state index contributed by atoms with van der Waals surface area (Å²) in [5.74, 6) is -0.0289. The van der Waals surface area contributed by atoms with Crippen molar-refractivity contribution >= 4 is 28.8 Å². The maximum atomic E-state index is 12.2. The Balaban J connectivity index is 2.13. The van der Waals surface area contributed by atoms with Crippen molar-refractivity contribution in [2.75, 3.05) is 6.54 Å². The third-order valence-electron chi connectivity index (χ3n) is 2.90. The molecule has 1 amide bonds. The Morgan fingerprint density at radius 3 is 2.94 bits per heavy atom. The Morgan fingerprint density at radius 2 is 2.25 bits per heavy atom. The molecule has 1 unspecified atom stereocenters. The quantitative estimate of drug-likeness (QED) is 0.779. The summed E-state index contributed by atoms with van der Waals surface area (Å²) in [5.41, 5.74) is 0. The molecule has 0 radical (unpaired) electrons. The molecule has 6 heteroatoms. The zero-order chi connectivity index (χ0) is 11.5. The number of carbonyl (C=O) groups excluding carboxylic acids is 1. The zero-order valence-electron chi connectivity index (χ0n) is 9.15. The van der Waals surface area contributed by atoms with Gasteiger partial charge >= 0.3 is 0 Å². The lowest BCUT2D eigenvalue weighted by molar-refractivity contribution is 0.0696. The predicted molar refractivity (Wildman–Crippen MR) is 63.9 cm³/mol. The summed E-state index contributed by atoms with van der Waals surface area (Å²) in [5, 5.41) is 7.87. The predicted octanol–water partition coefficient (Wildman–Crippen LogP) is 2.60. The molecule has 0 N–H and O–H groups in total. The molecule has 2 heterocycles. The van der Waals surface area contributed by atoms with Crippen molar-refractivity contribution in [3.63, 3.8) is 0 Å². The molecule has 2 rings (SSSR count). The van der Waals surface area contributed by atoms with E-state index in [-0.39, 0.29) is 11.9 Å². The molecule has 88 valence electrons. The van der Waals surface area contributed by atoms with E-state index in [9.17, 15) is 4.79 Å². The number of rotatable bonds is 1. The van der Waals surface area contributed by atoms with Gasteiger partial charge in [-0.1, -0.05) is 24.2 Å². The van der Waals surface area contributed by atoms with Gasteiger partial charge in [0.25, 0.3) is 5.91 Å². The average Bonchev–Trinajstić information content (AvgIpc) is 2.57. The molecule has 0 bridgehead atoms. The van der Waals surface area contributed by atoms with Gasteiger partial charge in [0.2, 0.25) is 9.47 Å². The topological polar surface area (TPSA) is 46.1 Å². The Hall–Kier alpha value is -0.680. The summed E-state index contributed by atoms with van der Waals surface area (Å²) >= 11 is 6.84. The lowest BCUT2D eigenvalue weighted by Gasteiger charge is -2.25. The fourth-order valence-corrected chi connectivity index (χ4v) is 2.78. The summed E-state index contributed by atoms with van der Waals surface area (Å²) in [6, 6.07) is 0.290. The van der Waals surface area contributed by atoms with E-state index in [4.69, 9.17) is 11.6 Å². The van der Waals surface area contributed by atoms with E-state index >= 15 is 0 Å². The number of nitrogens with zero attached hydrogens (tertiary/aromatic N) is 3. The van der Waals surface area contributed by atoms with Crippen LogP contribution >= 0.6 is 22.9 Å². The normalized spacial score (nSPS) is 21.9. The van der Waals surface area contributed by atoms with Crippen molar-refractivity contribution in [1.29, 1.82) is 0 Å². The molecule has 4 nitrogen and oxygen atoms in total. The monoisotopic (exact) mass is 259 g/mol. The Morgan fingerprint density at radius 1 is 1.44 bits per heavy atom. The van der Waals surface area contributed by atoms with Crippen LogP contribution in [0.4, 0.5) is 0 Å². The second kappa shape index (κ2) is 5.10. The van der Waals surface area contributed by atoms with Crippen molar-refractivity contribution in [1.82, 2.24) is 15.1 Å². The largest absolute Gasteiger partial charge is 0.334 e. The van der Waals surface area contributed by atoms with Crippen molar-refractivity contribution in [2.45, 2.75) is 38.6 Å². The molecule has 16 heavy (non-hydrogen) atoms. The summed E-state index contributed by atoms with van der Waals surface area (Å²) < 4.78 is 0.325. The van der Waals surface area contributed by atoms with E-state index < -0.39 is 0 Å². The van der Waals surface area contributed by atoms with E-state index in [0.717, 1.165) is 30.7 Å². The first kappa shape index (κ1) is 11.8. The van der Waals surface area contributed by atoms with E-state index in [1.165, 1.54) is 12.8 Å². The summed E-state index contributed by atoms with van der Waals surface area (Å²) in [7, 11) is 0. The van der Waals surface area contributed by atoms with Crippen molar-refractivity contribution in [3.8, 4) is 0 Å². The van der Waals surface area contributed by atoms with Gasteiger partial charge in [-0.2, -0.15) is 0 Å². The fraction of sp³-hybridized carbons (Fsp3) is 0.700. The highest BCUT2D eigenvalue weighted by molar-refractivity contribution is 7.17. The van der Waals surface area contributed by atoms with Crippen LogP contribution in [-0.4, -0.2) is 33.6 Å². The maximum Gasteiger partial charge on any atom is 0.285 e. The van der Waals surface area contributed by atoms with Crippen LogP contribution in [-0.2, 0) is 0 Å². The zero-order valence-corrected chi connectivity index (χ0v) is 10.7. The Kier molecular flexibility index (Phi) is 3.76. The van der Waals surface area contributed by atoms with Crippen LogP contribution in [0.3, 0.4) is 0 Å². The van der Waals surface area contributed by atoms with Gasteiger partial charge in [0.15, 0.2) is 0 Å². The van der Waals surface area contributed by atoms with Gasteiger partial charge in [-0.15, -0.1) is 10.2 Å². The van der Waals surface area contributed by atoms with E-state index in [0.29, 0.717) is 9.47 Å². The third-order valence-corrected chi connectivity index (χ3v) is 3.90. The number of aromatic nitrogens is 2. The number of likely N-dealkylation sites (tertiary alicyclic amines) is 1. The third kappa shape index (κ3) is 2.52. The minimum atomic E-state index is -0.0289. The molecular formula is C10H14ClN3OS. The van der Waals surface area contributed by atoms with Crippen LogP contribution in [0.5, 0.6) is 0 Å². The second-order valence-corrected chi connectivity index (χ2v) is 5.62. The molecular weight excluding hydrogens is 246 g/mol. The van der Waals surface area contributed by atoms with E-state index in [1.807, 2.05) is 4.90 Å². The maximum absolute atomic E-state index is 12.2. The number of hydrogen-bond acceptors (Lipinski definition) is 4.